The summed E-state index contributed by atoms with van der Waals surface area (Å²) in [7, 11) is 0. The number of ether oxygens (including phenoxy) is 4. The molecule has 1 aromatic carbocycles. The number of benzene rings is 1. The maximum atomic E-state index is 12.2. The Labute approximate surface area is 142 Å². The summed E-state index contributed by atoms with van der Waals surface area (Å²) < 4.78 is 22.7. The van der Waals surface area contributed by atoms with E-state index in [1.807, 2.05) is 30.3 Å². The van der Waals surface area contributed by atoms with E-state index in [1.165, 1.54) is 0 Å². The summed E-state index contributed by atoms with van der Waals surface area (Å²) in [6.07, 6.45) is 1.27. The van der Waals surface area contributed by atoms with Crippen molar-refractivity contribution in [3.05, 3.63) is 35.9 Å². The molecule has 0 aromatic heterocycles. The van der Waals surface area contributed by atoms with Crippen LogP contribution in [0.2, 0.25) is 0 Å². The van der Waals surface area contributed by atoms with Crippen molar-refractivity contribution in [1.82, 2.24) is 4.90 Å². The lowest BCUT2D eigenvalue weighted by Crippen LogP contribution is -2.38. The molecule has 2 atom stereocenters. The number of rotatable bonds is 6. The third-order valence-electron chi connectivity index (χ3n) is 4.22. The van der Waals surface area contributed by atoms with Gasteiger partial charge in [0.05, 0.1) is 19.8 Å². The van der Waals surface area contributed by atoms with Crippen LogP contribution in [0.4, 0.5) is 4.79 Å². The van der Waals surface area contributed by atoms with E-state index < -0.39 is 5.79 Å². The van der Waals surface area contributed by atoms with Crippen LogP contribution in [0.5, 0.6) is 0 Å². The summed E-state index contributed by atoms with van der Waals surface area (Å²) in [6.45, 7) is 5.11. The molecule has 2 aliphatic heterocycles. The van der Waals surface area contributed by atoms with Gasteiger partial charge in [0.25, 0.3) is 0 Å². The predicted octanol–water partition coefficient (Wildman–Crippen LogP) is 2.57. The van der Waals surface area contributed by atoms with Crippen LogP contribution in [0.25, 0.3) is 0 Å². The molecular weight excluding hydrogens is 310 g/mol. The normalized spacial score (nSPS) is 26.2. The van der Waals surface area contributed by atoms with Crippen molar-refractivity contribution in [2.24, 2.45) is 0 Å². The van der Waals surface area contributed by atoms with E-state index in [0.717, 1.165) is 18.6 Å². The molecule has 2 fully saturated rings. The molecule has 1 amide bonds. The minimum atomic E-state index is -0.688. The van der Waals surface area contributed by atoms with E-state index in [9.17, 15) is 4.79 Å². The van der Waals surface area contributed by atoms with E-state index in [4.69, 9.17) is 18.9 Å². The lowest BCUT2D eigenvalue weighted by atomic mass is 10.2. The van der Waals surface area contributed by atoms with Gasteiger partial charge in [0.1, 0.15) is 12.7 Å². The van der Waals surface area contributed by atoms with Gasteiger partial charge in [-0.3, -0.25) is 0 Å². The zero-order chi connectivity index (χ0) is 16.8. The third-order valence-corrected chi connectivity index (χ3v) is 4.22. The number of amides is 1. The summed E-state index contributed by atoms with van der Waals surface area (Å²) in [4.78, 5) is 13.9. The molecule has 0 saturated carbocycles. The molecule has 0 bridgehead atoms. The highest BCUT2D eigenvalue weighted by Crippen LogP contribution is 2.33. The van der Waals surface area contributed by atoms with Crippen molar-refractivity contribution in [1.29, 1.82) is 0 Å². The van der Waals surface area contributed by atoms with E-state index >= 15 is 0 Å². The SMILES string of the molecule is CCCOCC1COC2(CCN(C(=O)OCc3ccccc3)C2)O1. The Morgan fingerprint density at radius 2 is 2.21 bits per heavy atom. The summed E-state index contributed by atoms with van der Waals surface area (Å²) >= 11 is 0. The second-order valence-corrected chi connectivity index (χ2v) is 6.25. The Hall–Kier alpha value is -1.63. The van der Waals surface area contributed by atoms with E-state index in [-0.39, 0.29) is 18.8 Å². The molecule has 1 spiro atoms. The van der Waals surface area contributed by atoms with Crippen LogP contribution in [-0.4, -0.2) is 55.8 Å². The Morgan fingerprint density at radius 3 is 3.00 bits per heavy atom. The monoisotopic (exact) mass is 335 g/mol. The average Bonchev–Trinajstić information content (AvgIpc) is 3.21. The Balaban J connectivity index is 1.44. The van der Waals surface area contributed by atoms with E-state index in [0.29, 0.717) is 32.7 Å². The topological polar surface area (TPSA) is 57.2 Å². The van der Waals surface area contributed by atoms with Gasteiger partial charge in [0.15, 0.2) is 5.79 Å². The first-order chi connectivity index (χ1) is 11.7. The van der Waals surface area contributed by atoms with Crippen molar-refractivity contribution in [3.63, 3.8) is 0 Å². The largest absolute Gasteiger partial charge is 0.445 e. The van der Waals surface area contributed by atoms with Crippen LogP contribution in [-0.2, 0) is 25.6 Å². The lowest BCUT2D eigenvalue weighted by molar-refractivity contribution is -0.161. The summed E-state index contributed by atoms with van der Waals surface area (Å²) in [5.41, 5.74) is 0.973. The third kappa shape index (κ3) is 4.26. The molecular formula is C18H25NO5. The molecule has 2 heterocycles. The zero-order valence-electron chi connectivity index (χ0n) is 14.1. The summed E-state index contributed by atoms with van der Waals surface area (Å²) in [6, 6.07) is 9.65. The van der Waals surface area contributed by atoms with Crippen LogP contribution < -0.4 is 0 Å². The second-order valence-electron chi connectivity index (χ2n) is 6.25. The Bertz CT molecular complexity index is 537. The highest BCUT2D eigenvalue weighted by Gasteiger charge is 2.48. The molecule has 132 valence electrons. The van der Waals surface area contributed by atoms with Crippen molar-refractivity contribution in [2.45, 2.75) is 38.3 Å². The number of likely N-dealkylation sites (tertiary alicyclic amines) is 1. The highest BCUT2D eigenvalue weighted by atomic mass is 16.8. The number of nitrogens with zero attached hydrogens (tertiary/aromatic N) is 1. The quantitative estimate of drug-likeness (QED) is 0.748. The van der Waals surface area contributed by atoms with E-state index in [1.54, 1.807) is 4.90 Å². The number of hydrogen-bond acceptors (Lipinski definition) is 5. The fourth-order valence-corrected chi connectivity index (χ4v) is 2.99. The molecule has 3 rings (SSSR count). The summed E-state index contributed by atoms with van der Waals surface area (Å²) in [5.74, 6) is -0.688. The van der Waals surface area contributed by atoms with E-state index in [2.05, 4.69) is 6.92 Å². The van der Waals surface area contributed by atoms with Crippen molar-refractivity contribution >= 4 is 6.09 Å². The van der Waals surface area contributed by atoms with Crippen LogP contribution in [0.15, 0.2) is 30.3 Å². The molecule has 6 nitrogen and oxygen atoms in total. The standard InChI is InChI=1S/C18H25NO5/c1-2-10-21-12-16-13-23-18(24-16)8-9-19(14-18)17(20)22-11-15-6-4-3-5-7-15/h3-7,16H,2,8-14H2,1H3. The van der Waals surface area contributed by atoms with Gasteiger partial charge in [0, 0.05) is 19.6 Å². The van der Waals surface area contributed by atoms with Gasteiger partial charge in [-0.25, -0.2) is 4.79 Å². The maximum Gasteiger partial charge on any atom is 0.410 e. The first-order valence-corrected chi connectivity index (χ1v) is 8.56. The highest BCUT2D eigenvalue weighted by molar-refractivity contribution is 5.68. The Morgan fingerprint density at radius 1 is 1.38 bits per heavy atom. The molecule has 24 heavy (non-hydrogen) atoms. The van der Waals surface area contributed by atoms with Crippen LogP contribution >= 0.6 is 0 Å². The van der Waals surface area contributed by atoms with Gasteiger partial charge in [-0.1, -0.05) is 37.3 Å². The minimum absolute atomic E-state index is 0.0585. The van der Waals surface area contributed by atoms with Crippen LogP contribution in [0.3, 0.4) is 0 Å². The maximum absolute atomic E-state index is 12.2. The average molecular weight is 335 g/mol. The van der Waals surface area contributed by atoms with Gasteiger partial charge in [-0.15, -0.1) is 0 Å². The van der Waals surface area contributed by atoms with Gasteiger partial charge in [0.2, 0.25) is 0 Å². The molecule has 2 saturated heterocycles. The molecule has 2 aliphatic rings. The minimum Gasteiger partial charge on any atom is -0.445 e. The van der Waals surface area contributed by atoms with Gasteiger partial charge in [-0.05, 0) is 12.0 Å². The molecule has 0 N–H and O–H groups in total. The number of hydrogen-bond donors (Lipinski definition) is 0. The zero-order valence-corrected chi connectivity index (χ0v) is 14.1. The second kappa shape index (κ2) is 7.96. The van der Waals surface area contributed by atoms with Gasteiger partial charge in [-0.2, -0.15) is 0 Å². The van der Waals surface area contributed by atoms with Gasteiger partial charge >= 0.3 is 6.09 Å². The molecule has 2 unspecified atom stereocenters. The predicted molar refractivity (Wildman–Crippen MR) is 87.5 cm³/mol. The Kier molecular flexibility index (Phi) is 5.71. The van der Waals surface area contributed by atoms with Crippen molar-refractivity contribution < 1.29 is 23.7 Å². The lowest BCUT2D eigenvalue weighted by Gasteiger charge is -2.23. The molecule has 6 heteroatoms. The molecule has 1 aromatic rings. The first kappa shape index (κ1) is 17.2. The van der Waals surface area contributed by atoms with Crippen molar-refractivity contribution in [3.8, 4) is 0 Å². The fourth-order valence-electron chi connectivity index (χ4n) is 2.99. The summed E-state index contributed by atoms with van der Waals surface area (Å²) in [5, 5.41) is 0. The van der Waals surface area contributed by atoms with Crippen LogP contribution in [0.1, 0.15) is 25.3 Å². The number of carbonyl (C=O) groups is 1. The first-order valence-electron chi connectivity index (χ1n) is 8.56. The van der Waals surface area contributed by atoms with Crippen LogP contribution in [0, 0.1) is 0 Å². The molecule has 0 aliphatic carbocycles. The van der Waals surface area contributed by atoms with Crippen molar-refractivity contribution in [2.75, 3.05) is 32.9 Å². The number of carbonyl (C=O) groups excluding carboxylic acids is 1. The van der Waals surface area contributed by atoms with Gasteiger partial charge < -0.3 is 23.8 Å². The molecule has 0 radical (unpaired) electrons. The fraction of sp³-hybridized carbons (Fsp3) is 0.611. The smallest absolute Gasteiger partial charge is 0.410 e.